The highest BCUT2D eigenvalue weighted by Crippen LogP contribution is 2.26. The van der Waals surface area contributed by atoms with Crippen LogP contribution < -0.4 is 0 Å². The van der Waals surface area contributed by atoms with Crippen LogP contribution in [0.1, 0.15) is 19.3 Å². The third-order valence-electron chi connectivity index (χ3n) is 2.24. The van der Waals surface area contributed by atoms with Crippen LogP contribution in [-0.4, -0.2) is 28.4 Å². The molecule has 3 heteroatoms. The Morgan fingerprint density at radius 2 is 1.80 bits per heavy atom. The van der Waals surface area contributed by atoms with Crippen LogP contribution in [0.5, 0.6) is 0 Å². The molecule has 0 saturated carbocycles. The Kier molecular flexibility index (Phi) is 2.15. The minimum Gasteiger partial charge on any atom is -0.372 e. The SMILES string of the molecule is IN1CC2CCCC(C1)O2. The van der Waals surface area contributed by atoms with Crippen LogP contribution in [0.15, 0.2) is 0 Å². The highest BCUT2D eigenvalue weighted by atomic mass is 127. The molecule has 0 radical (unpaired) electrons. The first-order valence-electron chi connectivity index (χ1n) is 3.91. The van der Waals surface area contributed by atoms with Crippen molar-refractivity contribution >= 4 is 22.9 Å². The van der Waals surface area contributed by atoms with Gasteiger partial charge in [-0.05, 0) is 19.3 Å². The van der Waals surface area contributed by atoms with Crippen molar-refractivity contribution < 1.29 is 4.74 Å². The zero-order valence-corrected chi connectivity index (χ0v) is 8.08. The highest BCUT2D eigenvalue weighted by Gasteiger charge is 2.29. The largest absolute Gasteiger partial charge is 0.372 e. The van der Waals surface area contributed by atoms with Crippen molar-refractivity contribution in [2.45, 2.75) is 31.5 Å². The number of fused-ring (bicyclic) bond motifs is 2. The molecule has 58 valence electrons. The van der Waals surface area contributed by atoms with E-state index >= 15 is 0 Å². The van der Waals surface area contributed by atoms with E-state index in [4.69, 9.17) is 4.74 Å². The van der Waals surface area contributed by atoms with Gasteiger partial charge < -0.3 is 4.74 Å². The lowest BCUT2D eigenvalue weighted by Crippen LogP contribution is -2.45. The van der Waals surface area contributed by atoms with Crippen molar-refractivity contribution in [3.8, 4) is 0 Å². The molecule has 2 nitrogen and oxygen atoms in total. The van der Waals surface area contributed by atoms with Crippen molar-refractivity contribution in [2.75, 3.05) is 13.1 Å². The minimum absolute atomic E-state index is 0.546. The number of nitrogens with zero attached hydrogens (tertiary/aromatic N) is 1. The summed E-state index contributed by atoms with van der Waals surface area (Å²) in [7, 11) is 0. The standard InChI is InChI=1S/C7H12INO/c8-9-4-6-2-1-3-7(5-9)10-6/h6-7H,1-5H2. The minimum atomic E-state index is 0.546. The summed E-state index contributed by atoms with van der Waals surface area (Å²) in [4.78, 5) is 0. The van der Waals surface area contributed by atoms with E-state index in [1.807, 2.05) is 0 Å². The molecule has 0 aromatic carbocycles. The van der Waals surface area contributed by atoms with Gasteiger partial charge in [0, 0.05) is 36.0 Å². The van der Waals surface area contributed by atoms with Gasteiger partial charge in [0.1, 0.15) is 0 Å². The number of hydrogen-bond acceptors (Lipinski definition) is 2. The maximum Gasteiger partial charge on any atom is 0.0714 e. The van der Waals surface area contributed by atoms with Gasteiger partial charge in [-0.25, -0.2) is 3.11 Å². The third kappa shape index (κ3) is 1.46. The monoisotopic (exact) mass is 253 g/mol. The van der Waals surface area contributed by atoms with Crippen LogP contribution in [0.3, 0.4) is 0 Å². The Hall–Kier alpha value is 0.650. The molecule has 0 N–H and O–H groups in total. The van der Waals surface area contributed by atoms with Crippen molar-refractivity contribution in [1.82, 2.24) is 3.11 Å². The second kappa shape index (κ2) is 2.95. The quantitative estimate of drug-likeness (QED) is 0.480. The lowest BCUT2D eigenvalue weighted by molar-refractivity contribution is -0.0877. The molecule has 10 heavy (non-hydrogen) atoms. The summed E-state index contributed by atoms with van der Waals surface area (Å²) < 4.78 is 8.10. The van der Waals surface area contributed by atoms with E-state index in [9.17, 15) is 0 Å². The molecule has 2 fully saturated rings. The Labute approximate surface area is 75.4 Å². The lowest BCUT2D eigenvalue weighted by atomic mass is 10.0. The molecular weight excluding hydrogens is 241 g/mol. The number of halogens is 1. The molecule has 0 aliphatic carbocycles. The smallest absolute Gasteiger partial charge is 0.0714 e. The average Bonchev–Trinajstić information content (AvgIpc) is 1.85. The first-order valence-corrected chi connectivity index (χ1v) is 4.87. The Morgan fingerprint density at radius 3 is 2.40 bits per heavy atom. The molecule has 2 atom stereocenters. The Balaban J connectivity index is 1.98. The summed E-state index contributed by atoms with van der Waals surface area (Å²) in [5.74, 6) is 0. The molecule has 0 aromatic heterocycles. The molecule has 2 saturated heterocycles. The normalized spacial score (nSPS) is 41.7. The van der Waals surface area contributed by atoms with E-state index in [0.717, 1.165) is 13.1 Å². The summed E-state index contributed by atoms with van der Waals surface area (Å²) in [6.07, 6.45) is 5.01. The second-order valence-corrected chi connectivity index (χ2v) is 4.50. The van der Waals surface area contributed by atoms with Gasteiger partial charge in [0.2, 0.25) is 0 Å². The highest BCUT2D eigenvalue weighted by molar-refractivity contribution is 14.1. The van der Waals surface area contributed by atoms with Gasteiger partial charge in [-0.1, -0.05) is 0 Å². The molecule has 0 spiro atoms. The van der Waals surface area contributed by atoms with Gasteiger partial charge in [-0.15, -0.1) is 0 Å². The van der Waals surface area contributed by atoms with E-state index in [0.29, 0.717) is 12.2 Å². The summed E-state index contributed by atoms with van der Waals surface area (Å²) in [5, 5.41) is 0. The molecule has 2 unspecified atom stereocenters. The van der Waals surface area contributed by atoms with E-state index in [1.54, 1.807) is 0 Å². The van der Waals surface area contributed by atoms with Crippen LogP contribution in [0.25, 0.3) is 0 Å². The van der Waals surface area contributed by atoms with Crippen LogP contribution in [0.4, 0.5) is 0 Å². The summed E-state index contributed by atoms with van der Waals surface area (Å²) in [6, 6.07) is 0. The fraction of sp³-hybridized carbons (Fsp3) is 1.00. The third-order valence-corrected chi connectivity index (χ3v) is 3.03. The van der Waals surface area contributed by atoms with Crippen molar-refractivity contribution in [3.63, 3.8) is 0 Å². The number of morpholine rings is 1. The van der Waals surface area contributed by atoms with Crippen molar-refractivity contribution in [3.05, 3.63) is 0 Å². The maximum atomic E-state index is 5.75. The molecule has 2 rings (SSSR count). The summed E-state index contributed by atoms with van der Waals surface area (Å²) >= 11 is 2.40. The zero-order chi connectivity index (χ0) is 6.97. The van der Waals surface area contributed by atoms with Crippen LogP contribution in [-0.2, 0) is 4.74 Å². The predicted molar refractivity (Wildman–Crippen MR) is 48.1 cm³/mol. The molecule has 0 amide bonds. The fourth-order valence-electron chi connectivity index (χ4n) is 1.77. The van der Waals surface area contributed by atoms with Gasteiger partial charge in [0.25, 0.3) is 0 Å². The van der Waals surface area contributed by atoms with Crippen LogP contribution in [0.2, 0.25) is 0 Å². The van der Waals surface area contributed by atoms with E-state index in [2.05, 4.69) is 26.0 Å². The van der Waals surface area contributed by atoms with Gasteiger partial charge in [-0.3, -0.25) is 0 Å². The second-order valence-electron chi connectivity index (χ2n) is 3.14. The first-order chi connectivity index (χ1) is 4.84. The molecule has 2 aliphatic rings. The molecule has 2 bridgehead atoms. The Morgan fingerprint density at radius 1 is 1.20 bits per heavy atom. The number of ether oxygens (including phenoxy) is 1. The van der Waals surface area contributed by atoms with Gasteiger partial charge in [0.15, 0.2) is 0 Å². The van der Waals surface area contributed by atoms with Gasteiger partial charge in [-0.2, -0.15) is 0 Å². The molecular formula is C7H12INO. The maximum absolute atomic E-state index is 5.75. The predicted octanol–water partition coefficient (Wildman–Crippen LogP) is 1.59. The molecule has 0 aromatic rings. The van der Waals surface area contributed by atoms with Gasteiger partial charge in [0.05, 0.1) is 12.2 Å². The van der Waals surface area contributed by atoms with Crippen molar-refractivity contribution in [2.24, 2.45) is 0 Å². The average molecular weight is 253 g/mol. The summed E-state index contributed by atoms with van der Waals surface area (Å²) in [5.41, 5.74) is 0. The Bertz CT molecular complexity index is 115. The van der Waals surface area contributed by atoms with Gasteiger partial charge >= 0.3 is 0 Å². The molecule has 2 heterocycles. The first kappa shape index (κ1) is 7.31. The molecule has 2 aliphatic heterocycles. The number of rotatable bonds is 0. The van der Waals surface area contributed by atoms with E-state index in [-0.39, 0.29) is 0 Å². The van der Waals surface area contributed by atoms with E-state index in [1.165, 1.54) is 19.3 Å². The fourth-order valence-corrected chi connectivity index (χ4v) is 2.65. The van der Waals surface area contributed by atoms with Crippen LogP contribution in [0, 0.1) is 0 Å². The lowest BCUT2D eigenvalue weighted by Gasteiger charge is -2.38. The van der Waals surface area contributed by atoms with Crippen LogP contribution >= 0.6 is 22.9 Å². The van der Waals surface area contributed by atoms with Crippen molar-refractivity contribution in [1.29, 1.82) is 0 Å². The summed E-state index contributed by atoms with van der Waals surface area (Å²) in [6.45, 7) is 2.27. The topological polar surface area (TPSA) is 12.5 Å². The number of hydrogen-bond donors (Lipinski definition) is 0. The zero-order valence-electron chi connectivity index (χ0n) is 5.92. The van der Waals surface area contributed by atoms with E-state index < -0.39 is 0 Å².